The Morgan fingerprint density at radius 3 is 2.44 bits per heavy atom. The Balaban J connectivity index is 1.71. The number of nitrogens with zero attached hydrogens (tertiary/aromatic N) is 4. The molecule has 0 bridgehead atoms. The number of carbonyl (C=O) groups is 1. The van der Waals surface area contributed by atoms with E-state index in [1.165, 1.54) is 23.1 Å². The molecule has 5 rings (SSSR count). The standard InChI is InChI=1S/C28H29F5N4O3S/c1-4-22(38)37-15(2)10-35(11-16(37)3)26-20-9-21(28(31,32)33)23(17-5-7-18(30)8-6-17)25-24(20)36(27(39)34-26)12-19(13-41-25)40-14-29/h4-9,15-16,19,27,39H,1,10-14H2,2-3H3/t15-,16+,19-,27?/m0/s1. The van der Waals surface area contributed by atoms with Crippen LogP contribution >= 0.6 is 11.8 Å². The van der Waals surface area contributed by atoms with E-state index < -0.39 is 36.9 Å². The van der Waals surface area contributed by atoms with Crippen molar-refractivity contribution < 1.29 is 36.6 Å². The van der Waals surface area contributed by atoms with Gasteiger partial charge in [-0.2, -0.15) is 13.2 Å². The summed E-state index contributed by atoms with van der Waals surface area (Å²) in [5, 5.41) is 11.2. The second-order valence-corrected chi connectivity index (χ2v) is 11.3. The number of halogens is 5. The van der Waals surface area contributed by atoms with Gasteiger partial charge in [0, 0.05) is 53.5 Å². The number of rotatable bonds is 4. The van der Waals surface area contributed by atoms with Crippen LogP contribution < -0.4 is 4.90 Å². The van der Waals surface area contributed by atoms with Crippen LogP contribution in [0.2, 0.25) is 0 Å². The van der Waals surface area contributed by atoms with Crippen molar-refractivity contribution in [2.24, 2.45) is 4.99 Å². The molecule has 2 aromatic carbocycles. The molecule has 0 aromatic heterocycles. The third-order valence-corrected chi connectivity index (χ3v) is 8.72. The largest absolute Gasteiger partial charge is 0.417 e. The summed E-state index contributed by atoms with van der Waals surface area (Å²) in [6.45, 7) is 6.60. The SMILES string of the molecule is C=CC(=O)N1[C@H](C)CN(C2=NC(O)N3C[C@H](OCF)CSc4c(-c5ccc(F)cc5)c(C(F)(F)F)cc2c43)C[C@@H]1C. The Morgan fingerprint density at radius 2 is 1.85 bits per heavy atom. The first kappa shape index (κ1) is 29.3. The molecule has 4 atom stereocenters. The first-order chi connectivity index (χ1) is 19.4. The van der Waals surface area contributed by atoms with Gasteiger partial charge in [-0.3, -0.25) is 4.79 Å². The molecule has 1 fully saturated rings. The molecule has 0 saturated carbocycles. The van der Waals surface area contributed by atoms with Gasteiger partial charge in [0.25, 0.3) is 0 Å². The third-order valence-electron chi connectivity index (χ3n) is 7.50. The van der Waals surface area contributed by atoms with Crippen LogP contribution in [0.1, 0.15) is 25.0 Å². The number of piperazine rings is 1. The lowest BCUT2D eigenvalue weighted by Crippen LogP contribution is -2.60. The van der Waals surface area contributed by atoms with Gasteiger partial charge in [0.2, 0.25) is 12.3 Å². The predicted octanol–water partition coefficient (Wildman–Crippen LogP) is 4.88. The summed E-state index contributed by atoms with van der Waals surface area (Å²) in [6, 6.07) is 5.11. The molecule has 0 aliphatic carbocycles. The summed E-state index contributed by atoms with van der Waals surface area (Å²) in [5.74, 6) is -0.579. The van der Waals surface area contributed by atoms with Crippen molar-refractivity contribution in [2.75, 3.05) is 37.1 Å². The number of aliphatic hydroxyl groups is 1. The van der Waals surface area contributed by atoms with Gasteiger partial charge in [0.15, 0.2) is 6.86 Å². The maximum absolute atomic E-state index is 14.7. The number of aliphatic hydroxyl groups excluding tert-OH is 1. The average Bonchev–Trinajstić information content (AvgIpc) is 3.11. The van der Waals surface area contributed by atoms with Gasteiger partial charge >= 0.3 is 6.18 Å². The van der Waals surface area contributed by atoms with Gasteiger partial charge in [0.1, 0.15) is 11.7 Å². The molecule has 13 heteroatoms. The molecule has 3 aliphatic heterocycles. The fourth-order valence-electron chi connectivity index (χ4n) is 5.85. The molecule has 41 heavy (non-hydrogen) atoms. The van der Waals surface area contributed by atoms with Gasteiger partial charge < -0.3 is 24.5 Å². The molecule has 1 unspecified atom stereocenters. The minimum atomic E-state index is -4.79. The van der Waals surface area contributed by atoms with Crippen molar-refractivity contribution >= 4 is 29.2 Å². The van der Waals surface area contributed by atoms with Gasteiger partial charge in [-0.05, 0) is 43.7 Å². The number of benzene rings is 2. The number of ether oxygens (including phenoxy) is 1. The van der Waals surface area contributed by atoms with Gasteiger partial charge in [-0.25, -0.2) is 13.8 Å². The molecule has 7 nitrogen and oxygen atoms in total. The average molecular weight is 597 g/mol. The van der Waals surface area contributed by atoms with Crippen LogP contribution in [0.5, 0.6) is 0 Å². The zero-order valence-electron chi connectivity index (χ0n) is 22.4. The first-order valence-corrected chi connectivity index (χ1v) is 14.0. The first-order valence-electron chi connectivity index (χ1n) is 13.0. The van der Waals surface area contributed by atoms with E-state index in [4.69, 9.17) is 4.74 Å². The number of hydrogen-bond donors (Lipinski definition) is 1. The van der Waals surface area contributed by atoms with Crippen molar-refractivity contribution in [3.05, 3.63) is 59.9 Å². The van der Waals surface area contributed by atoms with Crippen molar-refractivity contribution in [3.8, 4) is 11.1 Å². The van der Waals surface area contributed by atoms with E-state index in [2.05, 4.69) is 11.6 Å². The second kappa shape index (κ2) is 11.3. The fraction of sp³-hybridized carbons (Fsp3) is 0.429. The topological polar surface area (TPSA) is 68.6 Å². The zero-order chi connectivity index (χ0) is 29.6. The highest BCUT2D eigenvalue weighted by molar-refractivity contribution is 7.99. The van der Waals surface area contributed by atoms with Gasteiger partial charge in [0.05, 0.1) is 17.4 Å². The molecule has 3 heterocycles. The maximum Gasteiger partial charge on any atom is 0.417 e. The van der Waals surface area contributed by atoms with Crippen LogP contribution in [0.15, 0.2) is 52.9 Å². The van der Waals surface area contributed by atoms with E-state index in [0.717, 1.165) is 30.0 Å². The van der Waals surface area contributed by atoms with Crippen LogP contribution in [0.25, 0.3) is 11.1 Å². The Hall–Kier alpha value is -3.16. The number of anilines is 1. The third kappa shape index (κ3) is 5.42. The fourth-order valence-corrected chi connectivity index (χ4v) is 7.14. The predicted molar refractivity (Wildman–Crippen MR) is 146 cm³/mol. The van der Waals surface area contributed by atoms with E-state index in [1.807, 2.05) is 13.8 Å². The molecular formula is C28H29F5N4O3S. The Kier molecular flexibility index (Phi) is 8.05. The van der Waals surface area contributed by atoms with Crippen LogP contribution in [-0.4, -0.2) is 83.4 Å². The van der Waals surface area contributed by atoms with Gasteiger partial charge in [-0.1, -0.05) is 18.7 Å². The number of amides is 1. The lowest BCUT2D eigenvalue weighted by Gasteiger charge is -2.47. The molecule has 1 saturated heterocycles. The molecule has 3 aliphatic rings. The maximum atomic E-state index is 14.7. The molecular weight excluding hydrogens is 567 g/mol. The summed E-state index contributed by atoms with van der Waals surface area (Å²) >= 11 is 1.06. The summed E-state index contributed by atoms with van der Waals surface area (Å²) in [4.78, 5) is 21.9. The smallest absolute Gasteiger partial charge is 0.355 e. The van der Waals surface area contributed by atoms with E-state index in [-0.39, 0.29) is 70.8 Å². The molecule has 220 valence electrons. The number of carbonyl (C=O) groups excluding carboxylic acids is 1. The van der Waals surface area contributed by atoms with Crippen molar-refractivity contribution in [1.82, 2.24) is 9.80 Å². The van der Waals surface area contributed by atoms with Crippen LogP contribution in [0.3, 0.4) is 0 Å². The molecule has 0 radical (unpaired) electrons. The van der Waals surface area contributed by atoms with Crippen LogP contribution in [-0.2, 0) is 15.7 Å². The molecule has 1 N–H and O–H groups in total. The summed E-state index contributed by atoms with van der Waals surface area (Å²) in [5.41, 5.74) is -0.495. The Labute approximate surface area is 238 Å². The van der Waals surface area contributed by atoms with Crippen LogP contribution in [0.4, 0.5) is 27.6 Å². The normalized spacial score (nSPS) is 24.5. The molecule has 0 spiro atoms. The number of amidine groups is 1. The lowest BCUT2D eigenvalue weighted by molar-refractivity contribution is -0.137. The van der Waals surface area contributed by atoms with E-state index in [0.29, 0.717) is 5.69 Å². The minimum Gasteiger partial charge on any atom is -0.355 e. The number of thioether (sulfide) groups is 1. The zero-order valence-corrected chi connectivity index (χ0v) is 23.2. The monoisotopic (exact) mass is 596 g/mol. The molecule has 2 aromatic rings. The van der Waals surface area contributed by atoms with Crippen molar-refractivity contribution in [1.29, 1.82) is 0 Å². The van der Waals surface area contributed by atoms with E-state index in [1.54, 1.807) is 9.80 Å². The Morgan fingerprint density at radius 1 is 1.20 bits per heavy atom. The summed E-state index contributed by atoms with van der Waals surface area (Å²) in [6.07, 6.45) is -5.81. The highest BCUT2D eigenvalue weighted by Crippen LogP contribution is 2.51. The number of aliphatic imine (C=N–C) groups is 1. The van der Waals surface area contributed by atoms with Crippen LogP contribution in [0, 0.1) is 5.82 Å². The molecule has 1 amide bonds. The number of hydrogen-bond acceptors (Lipinski definition) is 7. The number of alkyl halides is 4. The second-order valence-electron chi connectivity index (χ2n) is 10.2. The van der Waals surface area contributed by atoms with Crippen molar-refractivity contribution in [3.63, 3.8) is 0 Å². The van der Waals surface area contributed by atoms with Crippen molar-refractivity contribution in [2.45, 2.75) is 49.5 Å². The minimum absolute atomic E-state index is 0.0164. The van der Waals surface area contributed by atoms with E-state index >= 15 is 0 Å². The lowest BCUT2D eigenvalue weighted by atomic mass is 9.93. The Bertz CT molecular complexity index is 1360. The van der Waals surface area contributed by atoms with Gasteiger partial charge in [-0.15, -0.1) is 11.8 Å². The van der Waals surface area contributed by atoms with E-state index in [9.17, 15) is 31.9 Å². The summed E-state index contributed by atoms with van der Waals surface area (Å²) < 4.78 is 76.4. The quantitative estimate of drug-likeness (QED) is 0.401. The highest BCUT2D eigenvalue weighted by atomic mass is 32.2. The summed E-state index contributed by atoms with van der Waals surface area (Å²) in [7, 11) is 0. The highest BCUT2D eigenvalue weighted by Gasteiger charge is 2.44.